The Bertz CT molecular complexity index is 1090. The fourth-order valence-corrected chi connectivity index (χ4v) is 3.35. The van der Waals surface area contributed by atoms with Crippen molar-refractivity contribution in [1.29, 1.82) is 0 Å². The van der Waals surface area contributed by atoms with Gasteiger partial charge in [-0.2, -0.15) is 18.3 Å². The molecule has 170 valence electrons. The summed E-state index contributed by atoms with van der Waals surface area (Å²) in [6, 6.07) is 8.19. The van der Waals surface area contributed by atoms with Gasteiger partial charge in [0.1, 0.15) is 5.56 Å². The highest BCUT2D eigenvalue weighted by atomic mass is 19.4. The van der Waals surface area contributed by atoms with Gasteiger partial charge in [-0.25, -0.2) is 4.68 Å². The molecular formula is C22H23F3N4O3. The zero-order chi connectivity index (χ0) is 23.5. The van der Waals surface area contributed by atoms with Crippen molar-refractivity contribution < 1.29 is 27.5 Å². The third-order valence-electron chi connectivity index (χ3n) is 5.01. The van der Waals surface area contributed by atoms with E-state index in [9.17, 15) is 22.8 Å². The second-order valence-electron chi connectivity index (χ2n) is 7.20. The topological polar surface area (TPSA) is 69.4 Å². The molecule has 0 spiro atoms. The molecule has 32 heavy (non-hydrogen) atoms. The van der Waals surface area contributed by atoms with Gasteiger partial charge in [0.2, 0.25) is 0 Å². The van der Waals surface area contributed by atoms with E-state index in [1.165, 1.54) is 35.0 Å². The van der Waals surface area contributed by atoms with E-state index >= 15 is 0 Å². The highest BCUT2D eigenvalue weighted by molar-refractivity contribution is 5.97. The van der Waals surface area contributed by atoms with Gasteiger partial charge in [-0.15, -0.1) is 0 Å². The smallest absolute Gasteiger partial charge is 0.416 e. The number of methoxy groups -OCH3 is 1. The van der Waals surface area contributed by atoms with E-state index in [0.29, 0.717) is 12.4 Å². The molecule has 1 amide bonds. The van der Waals surface area contributed by atoms with E-state index in [4.69, 9.17) is 4.74 Å². The Morgan fingerprint density at radius 1 is 1.19 bits per heavy atom. The zero-order valence-electron chi connectivity index (χ0n) is 17.8. The van der Waals surface area contributed by atoms with Crippen LogP contribution < -0.4 is 0 Å². The maximum atomic E-state index is 13.3. The second kappa shape index (κ2) is 9.29. The molecule has 0 aliphatic carbocycles. The van der Waals surface area contributed by atoms with E-state index in [1.54, 1.807) is 42.9 Å². The molecule has 0 radical (unpaired) electrons. The van der Waals surface area contributed by atoms with Gasteiger partial charge in [0, 0.05) is 25.5 Å². The number of hydrogen-bond donors (Lipinski definition) is 0. The van der Waals surface area contributed by atoms with Crippen LogP contribution in [0.1, 0.15) is 29.8 Å². The number of alkyl halides is 3. The molecule has 7 nitrogen and oxygen atoms in total. The third kappa shape index (κ3) is 4.68. The van der Waals surface area contributed by atoms with Gasteiger partial charge in [0.15, 0.2) is 5.82 Å². The Kier molecular flexibility index (Phi) is 6.71. The van der Waals surface area contributed by atoms with E-state index in [2.05, 4.69) is 5.10 Å². The lowest BCUT2D eigenvalue weighted by molar-refractivity contribution is -0.145. The van der Waals surface area contributed by atoms with Crippen molar-refractivity contribution in [2.24, 2.45) is 5.92 Å². The maximum absolute atomic E-state index is 13.3. The van der Waals surface area contributed by atoms with Crippen molar-refractivity contribution in [2.45, 2.75) is 20.0 Å². The summed E-state index contributed by atoms with van der Waals surface area (Å²) < 4.78 is 47.3. The van der Waals surface area contributed by atoms with Crippen LogP contribution >= 0.6 is 0 Å². The van der Waals surface area contributed by atoms with Crippen molar-refractivity contribution in [2.75, 3.05) is 20.2 Å². The molecule has 0 fully saturated rings. The summed E-state index contributed by atoms with van der Waals surface area (Å²) in [4.78, 5) is 26.6. The predicted octanol–water partition coefficient (Wildman–Crippen LogP) is 3.95. The SMILES string of the molecule is CCN(CC(C)C(=O)OC)C(=O)c1cnn(-c2cccc(C(F)(F)F)c2)c1-n1cccc1. The first-order valence-electron chi connectivity index (χ1n) is 9.93. The van der Waals surface area contributed by atoms with Crippen LogP contribution in [0.25, 0.3) is 11.5 Å². The average molecular weight is 448 g/mol. The molecule has 0 saturated carbocycles. The molecule has 0 bridgehead atoms. The highest BCUT2D eigenvalue weighted by Crippen LogP contribution is 2.31. The molecular weight excluding hydrogens is 425 g/mol. The summed E-state index contributed by atoms with van der Waals surface area (Å²) >= 11 is 0. The first-order valence-corrected chi connectivity index (χ1v) is 9.93. The fraction of sp³-hybridized carbons (Fsp3) is 0.318. The fourth-order valence-electron chi connectivity index (χ4n) is 3.35. The molecule has 1 aromatic carbocycles. The highest BCUT2D eigenvalue weighted by Gasteiger charge is 2.31. The van der Waals surface area contributed by atoms with E-state index in [0.717, 1.165) is 12.1 Å². The van der Waals surface area contributed by atoms with Crippen molar-refractivity contribution in [3.63, 3.8) is 0 Å². The van der Waals surface area contributed by atoms with Crippen molar-refractivity contribution in [3.05, 3.63) is 66.1 Å². The Labute approximate surface area is 183 Å². The first-order chi connectivity index (χ1) is 15.2. The average Bonchev–Trinajstić information content (AvgIpc) is 3.45. The lowest BCUT2D eigenvalue weighted by Crippen LogP contribution is -2.37. The number of aromatic nitrogens is 3. The van der Waals surface area contributed by atoms with Crippen LogP contribution in [0.5, 0.6) is 0 Å². The standard InChI is InChI=1S/C22H23F3N4O3/c1-4-27(14-15(2)21(31)32-3)20(30)18-13-26-29(19(18)28-10-5-6-11-28)17-9-7-8-16(12-17)22(23,24)25/h5-13,15H,4,14H2,1-3H3. The number of esters is 1. The van der Waals surface area contributed by atoms with Gasteiger partial charge in [-0.05, 0) is 37.3 Å². The monoisotopic (exact) mass is 448 g/mol. The molecule has 0 N–H and O–H groups in total. The molecule has 0 saturated heterocycles. The molecule has 2 aromatic heterocycles. The molecule has 1 atom stereocenters. The van der Waals surface area contributed by atoms with Crippen molar-refractivity contribution in [1.82, 2.24) is 19.2 Å². The summed E-state index contributed by atoms with van der Waals surface area (Å²) in [5.41, 5.74) is -0.468. The number of nitrogens with zero attached hydrogens (tertiary/aromatic N) is 4. The quantitative estimate of drug-likeness (QED) is 0.513. The van der Waals surface area contributed by atoms with Gasteiger partial charge in [0.05, 0.1) is 30.5 Å². The normalized spacial score (nSPS) is 12.4. The van der Waals surface area contributed by atoms with Crippen LogP contribution in [-0.2, 0) is 15.7 Å². The molecule has 0 aliphatic heterocycles. The van der Waals surface area contributed by atoms with E-state index in [-0.39, 0.29) is 17.8 Å². The van der Waals surface area contributed by atoms with E-state index in [1.807, 2.05) is 0 Å². The minimum absolute atomic E-state index is 0.127. The van der Waals surface area contributed by atoms with Crippen molar-refractivity contribution in [3.8, 4) is 11.5 Å². The zero-order valence-corrected chi connectivity index (χ0v) is 17.8. The Morgan fingerprint density at radius 2 is 1.88 bits per heavy atom. The molecule has 10 heteroatoms. The molecule has 2 heterocycles. The van der Waals surface area contributed by atoms with Crippen LogP contribution in [0, 0.1) is 5.92 Å². The summed E-state index contributed by atoms with van der Waals surface area (Å²) in [6.07, 6.45) is 0.151. The van der Waals surface area contributed by atoms with Gasteiger partial charge >= 0.3 is 12.1 Å². The third-order valence-corrected chi connectivity index (χ3v) is 5.01. The van der Waals surface area contributed by atoms with Crippen LogP contribution in [0.2, 0.25) is 0 Å². The number of carbonyl (C=O) groups is 2. The van der Waals surface area contributed by atoms with Gasteiger partial charge in [-0.3, -0.25) is 9.59 Å². The van der Waals surface area contributed by atoms with Crippen LogP contribution in [0.4, 0.5) is 13.2 Å². The summed E-state index contributed by atoms with van der Waals surface area (Å²) in [5.74, 6) is -1.09. The Hall–Kier alpha value is -3.56. The van der Waals surface area contributed by atoms with E-state index < -0.39 is 29.5 Å². The minimum atomic E-state index is -4.52. The maximum Gasteiger partial charge on any atom is 0.416 e. The Balaban J connectivity index is 2.06. The first kappa shape index (κ1) is 23.1. The molecule has 3 aromatic rings. The number of rotatable bonds is 7. The lowest BCUT2D eigenvalue weighted by Gasteiger charge is -2.23. The van der Waals surface area contributed by atoms with Gasteiger partial charge < -0.3 is 14.2 Å². The van der Waals surface area contributed by atoms with Crippen LogP contribution in [-0.4, -0.2) is 51.3 Å². The number of carbonyl (C=O) groups excluding carboxylic acids is 2. The van der Waals surface area contributed by atoms with Crippen LogP contribution in [0.15, 0.2) is 55.0 Å². The lowest BCUT2D eigenvalue weighted by atomic mass is 10.1. The predicted molar refractivity (Wildman–Crippen MR) is 111 cm³/mol. The number of amides is 1. The number of benzene rings is 1. The Morgan fingerprint density at radius 3 is 2.47 bits per heavy atom. The number of halogens is 3. The van der Waals surface area contributed by atoms with Gasteiger partial charge in [-0.1, -0.05) is 13.0 Å². The molecule has 1 unspecified atom stereocenters. The molecule has 0 aliphatic rings. The second-order valence-corrected chi connectivity index (χ2v) is 7.20. The summed E-state index contributed by atoms with van der Waals surface area (Å²) in [5, 5.41) is 4.22. The number of ether oxygens (including phenoxy) is 1. The summed E-state index contributed by atoms with van der Waals surface area (Å²) in [6.45, 7) is 3.87. The van der Waals surface area contributed by atoms with Gasteiger partial charge in [0.25, 0.3) is 5.91 Å². The number of hydrogen-bond acceptors (Lipinski definition) is 4. The summed E-state index contributed by atoms with van der Waals surface area (Å²) in [7, 11) is 1.28. The minimum Gasteiger partial charge on any atom is -0.469 e. The van der Waals surface area contributed by atoms with Crippen LogP contribution in [0.3, 0.4) is 0 Å². The largest absolute Gasteiger partial charge is 0.469 e. The molecule has 3 rings (SSSR count). The van der Waals surface area contributed by atoms with Crippen molar-refractivity contribution >= 4 is 11.9 Å².